The van der Waals surface area contributed by atoms with Crippen molar-refractivity contribution >= 4 is 82.4 Å². The van der Waals surface area contributed by atoms with Crippen molar-refractivity contribution in [3.8, 4) is 27.9 Å². The van der Waals surface area contributed by atoms with Crippen LogP contribution in [-0.2, 0) is 0 Å². The molecule has 0 N–H and O–H groups in total. The van der Waals surface area contributed by atoms with E-state index in [0.29, 0.717) is 0 Å². The standard InChI is InChI=1S/C56H36N2O/c1-2-15-45-40(12-1)34-52(47-17-4-3-16-46(45)47)38-26-31-42(32-27-38)57(41-29-24-37(25-30-41)39-28-33-51-50-20-7-10-23-55(50)59-56(51)35-39)43-13-11-14-44(36-43)58-53-21-8-5-18-48(53)49-19-6-9-22-54(49)58/h1-36H. The first kappa shape index (κ1) is 33.3. The van der Waals surface area contributed by atoms with Crippen LogP contribution in [-0.4, -0.2) is 4.57 Å². The van der Waals surface area contributed by atoms with Crippen LogP contribution in [0.25, 0.3) is 93.2 Å². The highest BCUT2D eigenvalue weighted by Gasteiger charge is 2.18. The summed E-state index contributed by atoms with van der Waals surface area (Å²) in [4.78, 5) is 2.37. The molecule has 10 aromatic carbocycles. The van der Waals surface area contributed by atoms with Gasteiger partial charge in [0.25, 0.3) is 0 Å². The van der Waals surface area contributed by atoms with Crippen LogP contribution < -0.4 is 4.90 Å². The SMILES string of the molecule is c1cc(N(c2ccc(-c3ccc4c(c3)oc3ccccc34)cc2)c2ccc(-c3cc4ccccc4c4ccccc34)cc2)cc(-n2c3ccccc3c3ccccc32)c1. The summed E-state index contributed by atoms with van der Waals surface area (Å²) in [6.07, 6.45) is 0. The van der Waals surface area contributed by atoms with Crippen molar-refractivity contribution in [2.24, 2.45) is 0 Å². The molecule has 0 unspecified atom stereocenters. The van der Waals surface area contributed by atoms with Crippen molar-refractivity contribution in [2.75, 3.05) is 4.90 Å². The van der Waals surface area contributed by atoms with Crippen LogP contribution in [0.5, 0.6) is 0 Å². The van der Waals surface area contributed by atoms with Gasteiger partial charge in [-0.15, -0.1) is 0 Å². The maximum Gasteiger partial charge on any atom is 0.136 e. The van der Waals surface area contributed by atoms with Gasteiger partial charge in [-0.2, -0.15) is 0 Å². The molecule has 0 aliphatic rings. The Morgan fingerprint density at radius 3 is 1.61 bits per heavy atom. The largest absolute Gasteiger partial charge is 0.456 e. The van der Waals surface area contributed by atoms with Crippen molar-refractivity contribution in [1.29, 1.82) is 0 Å². The Morgan fingerprint density at radius 1 is 0.322 bits per heavy atom. The molecule has 0 saturated carbocycles. The molecule has 2 aromatic heterocycles. The molecule has 0 spiro atoms. The first-order valence-corrected chi connectivity index (χ1v) is 20.2. The monoisotopic (exact) mass is 752 g/mol. The summed E-state index contributed by atoms with van der Waals surface area (Å²) < 4.78 is 8.65. The van der Waals surface area contributed by atoms with Gasteiger partial charge in [0.05, 0.1) is 11.0 Å². The van der Waals surface area contributed by atoms with Gasteiger partial charge in [-0.1, -0.05) is 140 Å². The molecule has 12 aromatic rings. The van der Waals surface area contributed by atoms with Crippen LogP contribution in [0.3, 0.4) is 0 Å². The molecule has 0 bridgehead atoms. The third kappa shape index (κ3) is 5.44. The van der Waals surface area contributed by atoms with Gasteiger partial charge < -0.3 is 13.9 Å². The van der Waals surface area contributed by atoms with Crippen LogP contribution in [0, 0.1) is 0 Å². The minimum absolute atomic E-state index is 0.899. The Morgan fingerprint density at radius 2 is 0.881 bits per heavy atom. The second-order valence-electron chi connectivity index (χ2n) is 15.3. The molecule has 0 aliphatic heterocycles. The van der Waals surface area contributed by atoms with Gasteiger partial charge in [-0.3, -0.25) is 0 Å². The number of furan rings is 1. The lowest BCUT2D eigenvalue weighted by atomic mass is 9.93. The number of anilines is 3. The zero-order valence-electron chi connectivity index (χ0n) is 32.1. The Kier molecular flexibility index (Phi) is 7.54. The van der Waals surface area contributed by atoms with E-state index < -0.39 is 0 Å². The van der Waals surface area contributed by atoms with Crippen LogP contribution >= 0.6 is 0 Å². The summed E-state index contributed by atoms with van der Waals surface area (Å²) in [5, 5.41) is 9.82. The van der Waals surface area contributed by atoms with E-state index in [9.17, 15) is 0 Å². The highest BCUT2D eigenvalue weighted by Crippen LogP contribution is 2.41. The Bertz CT molecular complexity index is 3500. The minimum atomic E-state index is 0.899. The molecular formula is C56H36N2O. The van der Waals surface area contributed by atoms with E-state index in [0.717, 1.165) is 55.8 Å². The van der Waals surface area contributed by atoms with Gasteiger partial charge in [0.1, 0.15) is 11.2 Å². The molecule has 0 atom stereocenters. The molecule has 0 amide bonds. The highest BCUT2D eigenvalue weighted by atomic mass is 16.3. The second kappa shape index (κ2) is 13.4. The molecule has 2 heterocycles. The van der Waals surface area contributed by atoms with Gasteiger partial charge in [0.2, 0.25) is 0 Å². The van der Waals surface area contributed by atoms with Crippen LogP contribution in [0.1, 0.15) is 0 Å². The quantitative estimate of drug-likeness (QED) is 0.158. The van der Waals surface area contributed by atoms with Crippen molar-refractivity contribution < 1.29 is 4.42 Å². The summed E-state index contributed by atoms with van der Waals surface area (Å²) >= 11 is 0. The zero-order valence-corrected chi connectivity index (χ0v) is 32.1. The van der Waals surface area contributed by atoms with Crippen LogP contribution in [0.2, 0.25) is 0 Å². The summed E-state index contributed by atoms with van der Waals surface area (Å²) in [6, 6.07) is 78.8. The van der Waals surface area contributed by atoms with Crippen molar-refractivity contribution in [2.45, 2.75) is 0 Å². The van der Waals surface area contributed by atoms with Gasteiger partial charge >= 0.3 is 0 Å². The third-order valence-electron chi connectivity index (χ3n) is 12.0. The summed E-state index contributed by atoms with van der Waals surface area (Å²) in [5.74, 6) is 0. The number of benzene rings is 10. The summed E-state index contributed by atoms with van der Waals surface area (Å²) in [6.45, 7) is 0. The molecule has 276 valence electrons. The molecular weight excluding hydrogens is 717 g/mol. The average Bonchev–Trinajstić information content (AvgIpc) is 3.85. The van der Waals surface area contributed by atoms with Gasteiger partial charge in [0.15, 0.2) is 0 Å². The number of rotatable bonds is 6. The van der Waals surface area contributed by atoms with E-state index in [-0.39, 0.29) is 0 Å². The Labute approximate surface area is 341 Å². The molecule has 3 heteroatoms. The van der Waals surface area contributed by atoms with E-state index >= 15 is 0 Å². The number of para-hydroxylation sites is 3. The smallest absolute Gasteiger partial charge is 0.136 e. The fourth-order valence-corrected chi connectivity index (χ4v) is 9.21. The van der Waals surface area contributed by atoms with E-state index in [4.69, 9.17) is 4.42 Å². The molecule has 3 nitrogen and oxygen atoms in total. The number of nitrogens with zero attached hydrogens (tertiary/aromatic N) is 2. The lowest BCUT2D eigenvalue weighted by Gasteiger charge is -2.27. The third-order valence-corrected chi connectivity index (χ3v) is 12.0. The van der Waals surface area contributed by atoms with Gasteiger partial charge in [0, 0.05) is 44.3 Å². The zero-order chi connectivity index (χ0) is 38.9. The number of aromatic nitrogens is 1. The van der Waals surface area contributed by atoms with Crippen LogP contribution in [0.15, 0.2) is 223 Å². The first-order chi connectivity index (χ1) is 29.2. The van der Waals surface area contributed by atoms with Crippen molar-refractivity contribution in [1.82, 2.24) is 4.57 Å². The van der Waals surface area contributed by atoms with E-state index in [1.807, 2.05) is 12.1 Å². The minimum Gasteiger partial charge on any atom is -0.456 e. The van der Waals surface area contributed by atoms with E-state index in [2.05, 4.69) is 216 Å². The van der Waals surface area contributed by atoms with E-state index in [1.165, 1.54) is 54.5 Å². The van der Waals surface area contributed by atoms with Crippen molar-refractivity contribution in [3.63, 3.8) is 0 Å². The first-order valence-electron chi connectivity index (χ1n) is 20.2. The lowest BCUT2D eigenvalue weighted by molar-refractivity contribution is 0.669. The summed E-state index contributed by atoms with van der Waals surface area (Å²) in [7, 11) is 0. The molecule has 0 fully saturated rings. The number of hydrogen-bond acceptors (Lipinski definition) is 2. The molecule has 0 aliphatic carbocycles. The topological polar surface area (TPSA) is 21.3 Å². The summed E-state index contributed by atoms with van der Waals surface area (Å²) in [5.41, 5.74) is 13.2. The Hall–Kier alpha value is -7.88. The lowest BCUT2D eigenvalue weighted by Crippen LogP contribution is -2.10. The van der Waals surface area contributed by atoms with E-state index in [1.54, 1.807) is 0 Å². The highest BCUT2D eigenvalue weighted by molar-refractivity contribution is 6.14. The molecule has 59 heavy (non-hydrogen) atoms. The van der Waals surface area contributed by atoms with Gasteiger partial charge in [-0.25, -0.2) is 0 Å². The second-order valence-corrected chi connectivity index (χ2v) is 15.3. The normalized spacial score (nSPS) is 11.7. The molecule has 0 radical (unpaired) electrons. The number of fused-ring (bicyclic) bond motifs is 9. The maximum absolute atomic E-state index is 6.26. The maximum atomic E-state index is 6.26. The van der Waals surface area contributed by atoms with Crippen molar-refractivity contribution in [3.05, 3.63) is 218 Å². The predicted molar refractivity (Wildman–Crippen MR) is 249 cm³/mol. The molecule has 12 rings (SSSR count). The molecule has 0 saturated heterocycles. The fourth-order valence-electron chi connectivity index (χ4n) is 9.21. The van der Waals surface area contributed by atoms with Gasteiger partial charge in [-0.05, 0) is 123 Å². The average molecular weight is 753 g/mol. The van der Waals surface area contributed by atoms with Crippen LogP contribution in [0.4, 0.5) is 17.1 Å². The Balaban J connectivity index is 0.991. The fraction of sp³-hybridized carbons (Fsp3) is 0. The predicted octanol–water partition coefficient (Wildman–Crippen LogP) is 15.8. The number of hydrogen-bond donors (Lipinski definition) is 0.